The standard InChI is InChI=1S/C36H44F3N3O3/c1-35(28-10-5-4-6-11-28,26-33(43)45-25-24-41(2)3)20-9-21-42-22-18-30(19-23-42)40-34(44)32-13-8-7-12-31(32)27-14-16-29(17-15-27)36(37,38)39/h4-8,10-17,30H,9,18-26H2,1-3H3,(H,40,44). The van der Waals surface area contributed by atoms with Crippen molar-refractivity contribution in [3.8, 4) is 11.1 Å². The second-order valence-corrected chi connectivity index (χ2v) is 12.4. The summed E-state index contributed by atoms with van der Waals surface area (Å²) in [7, 11) is 3.90. The summed E-state index contributed by atoms with van der Waals surface area (Å²) in [4.78, 5) is 30.4. The van der Waals surface area contributed by atoms with Crippen molar-refractivity contribution in [1.29, 1.82) is 0 Å². The number of amides is 1. The lowest BCUT2D eigenvalue weighted by Crippen LogP contribution is -2.45. The zero-order chi connectivity index (χ0) is 32.5. The van der Waals surface area contributed by atoms with Crippen molar-refractivity contribution in [2.45, 2.75) is 56.7 Å². The zero-order valence-electron chi connectivity index (χ0n) is 26.4. The van der Waals surface area contributed by atoms with Crippen molar-refractivity contribution in [3.05, 3.63) is 95.6 Å². The Morgan fingerprint density at radius 1 is 0.911 bits per heavy atom. The fraction of sp³-hybridized carbons (Fsp3) is 0.444. The van der Waals surface area contributed by atoms with Crippen LogP contribution in [0.5, 0.6) is 0 Å². The lowest BCUT2D eigenvalue weighted by molar-refractivity contribution is -0.145. The molecule has 1 amide bonds. The number of esters is 1. The second kappa shape index (κ2) is 15.5. The van der Waals surface area contributed by atoms with Crippen LogP contribution in [0.3, 0.4) is 0 Å². The van der Waals surface area contributed by atoms with Crippen LogP contribution < -0.4 is 5.32 Å². The average Bonchev–Trinajstić information content (AvgIpc) is 3.02. The molecule has 1 saturated heterocycles. The summed E-state index contributed by atoms with van der Waals surface area (Å²) in [6, 6.07) is 22.1. The van der Waals surface area contributed by atoms with Gasteiger partial charge in [0.2, 0.25) is 0 Å². The molecule has 4 rings (SSSR count). The van der Waals surface area contributed by atoms with Crippen LogP contribution in [0.25, 0.3) is 11.1 Å². The Labute approximate surface area is 264 Å². The van der Waals surface area contributed by atoms with E-state index in [1.54, 1.807) is 24.3 Å². The Bertz CT molecular complexity index is 1390. The number of alkyl halides is 3. The molecule has 3 aromatic carbocycles. The van der Waals surface area contributed by atoms with Crippen molar-refractivity contribution in [2.24, 2.45) is 0 Å². The number of rotatable bonds is 13. The molecule has 1 aliphatic heterocycles. The summed E-state index contributed by atoms with van der Waals surface area (Å²) in [5.74, 6) is -0.403. The van der Waals surface area contributed by atoms with E-state index in [1.807, 2.05) is 37.2 Å². The fourth-order valence-corrected chi connectivity index (χ4v) is 5.92. The van der Waals surface area contributed by atoms with Gasteiger partial charge in [-0.25, -0.2) is 0 Å². The highest BCUT2D eigenvalue weighted by Gasteiger charge is 2.32. The molecule has 1 atom stereocenters. The van der Waals surface area contributed by atoms with Gasteiger partial charge < -0.3 is 19.9 Å². The Balaban J connectivity index is 1.28. The van der Waals surface area contributed by atoms with Gasteiger partial charge >= 0.3 is 12.1 Å². The van der Waals surface area contributed by atoms with Gasteiger partial charge in [0, 0.05) is 36.7 Å². The van der Waals surface area contributed by atoms with E-state index in [0.717, 1.165) is 63.0 Å². The van der Waals surface area contributed by atoms with Gasteiger partial charge in [0.25, 0.3) is 5.91 Å². The number of hydrogen-bond acceptors (Lipinski definition) is 5. The number of likely N-dealkylation sites (N-methyl/N-ethyl adjacent to an activating group) is 1. The van der Waals surface area contributed by atoms with Crippen molar-refractivity contribution < 1.29 is 27.5 Å². The van der Waals surface area contributed by atoms with Gasteiger partial charge in [-0.05, 0) is 81.2 Å². The number of piperidine rings is 1. The Morgan fingerprint density at radius 2 is 1.56 bits per heavy atom. The molecule has 9 heteroatoms. The summed E-state index contributed by atoms with van der Waals surface area (Å²) >= 11 is 0. The van der Waals surface area contributed by atoms with Crippen LogP contribution >= 0.6 is 0 Å². The molecular weight excluding hydrogens is 579 g/mol. The van der Waals surface area contributed by atoms with Gasteiger partial charge in [0.1, 0.15) is 6.61 Å². The maximum atomic E-state index is 13.3. The first-order valence-electron chi connectivity index (χ1n) is 15.6. The van der Waals surface area contributed by atoms with Gasteiger partial charge in [-0.1, -0.05) is 67.6 Å². The SMILES string of the molecule is CN(C)CCOC(=O)CC(C)(CCCN1CCC(NC(=O)c2ccccc2-c2ccc(C(F)(F)F)cc2)CC1)c1ccccc1. The highest BCUT2D eigenvalue weighted by atomic mass is 19.4. The van der Waals surface area contributed by atoms with Gasteiger partial charge in [0.05, 0.1) is 12.0 Å². The molecule has 0 bridgehead atoms. The Kier molecular flexibility index (Phi) is 11.8. The monoisotopic (exact) mass is 623 g/mol. The normalized spacial score (nSPS) is 15.9. The van der Waals surface area contributed by atoms with Crippen LogP contribution in [0.4, 0.5) is 13.2 Å². The largest absolute Gasteiger partial charge is 0.464 e. The van der Waals surface area contributed by atoms with Crippen LogP contribution in [0.2, 0.25) is 0 Å². The molecule has 1 unspecified atom stereocenters. The molecule has 0 radical (unpaired) electrons. The number of carbonyl (C=O) groups excluding carboxylic acids is 2. The number of hydrogen-bond donors (Lipinski definition) is 1. The number of halogens is 3. The van der Waals surface area contributed by atoms with E-state index in [2.05, 4.69) is 29.3 Å². The van der Waals surface area contributed by atoms with E-state index in [-0.39, 0.29) is 23.3 Å². The number of nitrogens with one attached hydrogen (secondary N) is 1. The minimum Gasteiger partial charge on any atom is -0.464 e. The first-order valence-corrected chi connectivity index (χ1v) is 15.6. The molecule has 1 aliphatic rings. The average molecular weight is 624 g/mol. The smallest absolute Gasteiger partial charge is 0.416 e. The third-order valence-electron chi connectivity index (χ3n) is 8.63. The Morgan fingerprint density at radius 3 is 2.20 bits per heavy atom. The van der Waals surface area contributed by atoms with E-state index >= 15 is 0 Å². The molecule has 6 nitrogen and oxygen atoms in total. The van der Waals surface area contributed by atoms with Crippen LogP contribution in [-0.2, 0) is 21.1 Å². The molecule has 242 valence electrons. The van der Waals surface area contributed by atoms with E-state index < -0.39 is 11.7 Å². The maximum absolute atomic E-state index is 13.3. The molecule has 0 saturated carbocycles. The lowest BCUT2D eigenvalue weighted by Gasteiger charge is -2.34. The molecule has 0 aromatic heterocycles. The highest BCUT2D eigenvalue weighted by molar-refractivity contribution is 6.01. The zero-order valence-corrected chi connectivity index (χ0v) is 26.4. The number of nitrogens with zero attached hydrogens (tertiary/aromatic N) is 2. The third kappa shape index (κ3) is 9.90. The summed E-state index contributed by atoms with van der Waals surface area (Å²) in [5.41, 5.74) is 1.69. The molecule has 45 heavy (non-hydrogen) atoms. The first-order chi connectivity index (χ1) is 21.4. The van der Waals surface area contributed by atoms with Crippen molar-refractivity contribution in [2.75, 3.05) is 46.9 Å². The summed E-state index contributed by atoms with van der Waals surface area (Å²) in [6.45, 7) is 5.80. The molecule has 1 N–H and O–H groups in total. The van der Waals surface area contributed by atoms with E-state index in [1.165, 1.54) is 12.1 Å². The van der Waals surface area contributed by atoms with Gasteiger partial charge in [0.15, 0.2) is 0 Å². The number of likely N-dealkylation sites (tertiary alicyclic amines) is 1. The summed E-state index contributed by atoms with van der Waals surface area (Å²) < 4.78 is 44.6. The minimum atomic E-state index is -4.41. The van der Waals surface area contributed by atoms with E-state index in [9.17, 15) is 22.8 Å². The second-order valence-electron chi connectivity index (χ2n) is 12.4. The molecule has 0 aliphatic carbocycles. The fourth-order valence-electron chi connectivity index (χ4n) is 5.92. The van der Waals surface area contributed by atoms with Crippen molar-refractivity contribution in [3.63, 3.8) is 0 Å². The minimum absolute atomic E-state index is 0.0148. The molecule has 3 aromatic rings. The molecule has 1 heterocycles. The first kappa shape index (κ1) is 34.2. The predicted octanol–water partition coefficient (Wildman–Crippen LogP) is 6.80. The summed E-state index contributed by atoms with van der Waals surface area (Å²) in [6.07, 6.45) is -0.701. The Hall–Kier alpha value is -3.69. The lowest BCUT2D eigenvalue weighted by atomic mass is 9.76. The summed E-state index contributed by atoms with van der Waals surface area (Å²) in [5, 5.41) is 3.15. The van der Waals surface area contributed by atoms with Crippen LogP contribution in [0.1, 0.15) is 60.5 Å². The quantitative estimate of drug-likeness (QED) is 0.212. The predicted molar refractivity (Wildman–Crippen MR) is 171 cm³/mol. The number of ether oxygens (including phenoxy) is 1. The van der Waals surface area contributed by atoms with Gasteiger partial charge in [-0.3, -0.25) is 9.59 Å². The number of carbonyl (C=O) groups is 2. The molecule has 0 spiro atoms. The van der Waals surface area contributed by atoms with Gasteiger partial charge in [-0.2, -0.15) is 13.2 Å². The van der Waals surface area contributed by atoms with Crippen LogP contribution in [0.15, 0.2) is 78.9 Å². The maximum Gasteiger partial charge on any atom is 0.416 e. The van der Waals surface area contributed by atoms with Crippen molar-refractivity contribution in [1.82, 2.24) is 15.1 Å². The topological polar surface area (TPSA) is 61.9 Å². The van der Waals surface area contributed by atoms with Crippen LogP contribution in [-0.4, -0.2) is 74.6 Å². The van der Waals surface area contributed by atoms with Crippen LogP contribution in [0, 0.1) is 0 Å². The molecule has 1 fully saturated rings. The van der Waals surface area contributed by atoms with Crippen molar-refractivity contribution >= 4 is 11.9 Å². The number of benzene rings is 3. The van der Waals surface area contributed by atoms with Gasteiger partial charge in [-0.15, -0.1) is 0 Å². The third-order valence-corrected chi connectivity index (χ3v) is 8.63. The highest BCUT2D eigenvalue weighted by Crippen LogP contribution is 2.34. The molecular formula is C36H44F3N3O3. The van der Waals surface area contributed by atoms with E-state index in [4.69, 9.17) is 4.74 Å². The van der Waals surface area contributed by atoms with E-state index in [0.29, 0.717) is 36.3 Å².